The number of carbonyl (C=O) groups is 2. The van der Waals surface area contributed by atoms with Crippen molar-refractivity contribution < 1.29 is 28.5 Å². The van der Waals surface area contributed by atoms with Gasteiger partial charge in [-0.15, -0.1) is 0 Å². The Morgan fingerprint density at radius 3 is 2.42 bits per heavy atom. The number of hydrogen-bond donors (Lipinski definition) is 2. The maximum atomic E-state index is 11.7. The maximum absolute atomic E-state index is 11.7. The van der Waals surface area contributed by atoms with E-state index in [1.54, 1.807) is 18.3 Å². The summed E-state index contributed by atoms with van der Waals surface area (Å²) in [6.45, 7) is 6.01. The lowest BCUT2D eigenvalue weighted by molar-refractivity contribution is -0.121. The second kappa shape index (κ2) is 13.3. The molecule has 1 aromatic carbocycles. The highest BCUT2D eigenvalue weighted by atomic mass is 35.5. The smallest absolute Gasteiger partial charge is 0.250 e. The molecule has 0 spiro atoms. The highest BCUT2D eigenvalue weighted by Gasteiger charge is 2.30. The number of pyridine rings is 1. The van der Waals surface area contributed by atoms with E-state index < -0.39 is 5.91 Å². The number of morpholine rings is 1. The molecule has 2 fully saturated rings. The number of halogens is 2. The Morgan fingerprint density at radius 2 is 1.77 bits per heavy atom. The van der Waals surface area contributed by atoms with E-state index >= 15 is 0 Å². The zero-order valence-electron chi connectivity index (χ0n) is 24.1. The largest absolute Gasteiger partial charge is 0.495 e. The van der Waals surface area contributed by atoms with Gasteiger partial charge in [-0.1, -0.05) is 29.3 Å². The molecule has 0 radical (unpaired) electrons. The highest BCUT2D eigenvalue weighted by Crippen LogP contribution is 2.46. The van der Waals surface area contributed by atoms with E-state index in [2.05, 4.69) is 20.5 Å². The van der Waals surface area contributed by atoms with E-state index in [-0.39, 0.29) is 24.2 Å². The number of nitrogens with zero attached hydrogens (tertiary/aromatic N) is 4. The third kappa shape index (κ3) is 6.62. The fourth-order valence-electron chi connectivity index (χ4n) is 5.29. The van der Waals surface area contributed by atoms with Gasteiger partial charge in [-0.3, -0.25) is 14.9 Å². The first-order valence-electron chi connectivity index (χ1n) is 13.7. The minimum Gasteiger partial charge on any atom is -0.495 e. The van der Waals surface area contributed by atoms with Crippen LogP contribution in [0.15, 0.2) is 30.5 Å². The molecule has 0 aliphatic carbocycles. The van der Waals surface area contributed by atoms with Gasteiger partial charge < -0.3 is 29.2 Å². The van der Waals surface area contributed by atoms with Gasteiger partial charge in [0.15, 0.2) is 5.82 Å². The van der Waals surface area contributed by atoms with Crippen LogP contribution in [0.3, 0.4) is 0 Å². The predicted molar refractivity (Wildman–Crippen MR) is 163 cm³/mol. The molecule has 5 rings (SSSR count). The molecule has 0 bridgehead atoms. The molecule has 43 heavy (non-hydrogen) atoms. The van der Waals surface area contributed by atoms with Crippen LogP contribution in [-0.2, 0) is 19.1 Å². The number of aromatic nitrogens is 3. The van der Waals surface area contributed by atoms with Crippen molar-refractivity contribution in [2.24, 2.45) is 5.92 Å². The van der Waals surface area contributed by atoms with Gasteiger partial charge in [0.1, 0.15) is 17.0 Å². The van der Waals surface area contributed by atoms with Gasteiger partial charge in [0, 0.05) is 42.2 Å². The van der Waals surface area contributed by atoms with Crippen LogP contribution in [0.1, 0.15) is 13.8 Å². The summed E-state index contributed by atoms with van der Waals surface area (Å²) >= 11 is 13.5. The summed E-state index contributed by atoms with van der Waals surface area (Å²) in [5.74, 6) is 1.16. The number of methoxy groups -OCH3 is 2. The van der Waals surface area contributed by atoms with E-state index in [0.717, 1.165) is 5.39 Å². The lowest BCUT2D eigenvalue weighted by Crippen LogP contribution is -2.46. The second-order valence-corrected chi connectivity index (χ2v) is 11.1. The molecule has 228 valence electrons. The third-order valence-corrected chi connectivity index (χ3v) is 7.98. The van der Waals surface area contributed by atoms with Crippen molar-refractivity contribution in [2.45, 2.75) is 32.1 Å². The van der Waals surface area contributed by atoms with Crippen LogP contribution in [-0.4, -0.2) is 86.0 Å². The number of carbonyl (C=O) groups excluding carboxylic acids is 2. The Morgan fingerprint density at radius 1 is 1.07 bits per heavy atom. The van der Waals surface area contributed by atoms with E-state index in [4.69, 9.17) is 52.1 Å². The molecule has 2 saturated heterocycles. The van der Waals surface area contributed by atoms with E-state index in [1.165, 1.54) is 20.3 Å². The quantitative estimate of drug-likeness (QED) is 0.263. The SMILES string of the molecule is COc1cc(OC)c(Cl)c(-c2cc3cnc(N[C@@H]4COC[C@@H]4C=CC(=O)NC=O)nc3c(N3CC(C)OC(C)C3)n2)c1Cl. The normalized spacial score (nSPS) is 22.1. The molecule has 2 N–H and O–H groups in total. The number of amides is 2. The Hall–Kier alpha value is -3.71. The minimum atomic E-state index is -0.503. The highest BCUT2D eigenvalue weighted by molar-refractivity contribution is 6.41. The number of hydrogen-bond acceptors (Lipinski definition) is 11. The van der Waals surface area contributed by atoms with Gasteiger partial charge >= 0.3 is 0 Å². The van der Waals surface area contributed by atoms with Crippen LogP contribution in [0.4, 0.5) is 11.8 Å². The minimum absolute atomic E-state index is 0.0348. The lowest BCUT2D eigenvalue weighted by Gasteiger charge is -2.36. The van der Waals surface area contributed by atoms with Crippen molar-refractivity contribution in [1.29, 1.82) is 0 Å². The average molecular weight is 632 g/mol. The number of ether oxygens (including phenoxy) is 4. The third-order valence-electron chi connectivity index (χ3n) is 7.23. The summed E-state index contributed by atoms with van der Waals surface area (Å²) in [6.07, 6.45) is 5.01. The standard InChI is InChI=1S/C29H32Cl2N6O6/c1-15-10-37(11-16(2)43-15)28-27-18(7-19(34-28)24-25(30)21(40-3)8-22(41-4)26(24)31)9-32-29(36-27)35-20-13-42-12-17(20)5-6-23(39)33-14-38/h5-9,14-17,20H,10-13H2,1-4H3,(H,32,35,36)(H,33,38,39)/t15?,16?,17-,20+/m0/s1. The molecule has 2 unspecified atom stereocenters. The van der Waals surface area contributed by atoms with Crippen molar-refractivity contribution in [2.75, 3.05) is 50.7 Å². The number of anilines is 2. The molecule has 2 aliphatic rings. The van der Waals surface area contributed by atoms with E-state index in [1.807, 2.05) is 19.9 Å². The van der Waals surface area contributed by atoms with Crippen LogP contribution in [0.25, 0.3) is 22.2 Å². The van der Waals surface area contributed by atoms with Crippen molar-refractivity contribution in [1.82, 2.24) is 20.3 Å². The van der Waals surface area contributed by atoms with Gasteiger partial charge in [0.25, 0.3) is 0 Å². The van der Waals surface area contributed by atoms with Crippen LogP contribution in [0.2, 0.25) is 10.0 Å². The maximum Gasteiger partial charge on any atom is 0.250 e. The monoisotopic (exact) mass is 630 g/mol. The van der Waals surface area contributed by atoms with Gasteiger partial charge in [-0.25, -0.2) is 15.0 Å². The molecule has 2 aromatic heterocycles. The number of fused-ring (bicyclic) bond motifs is 1. The van der Waals surface area contributed by atoms with Gasteiger partial charge in [0.05, 0.1) is 61.4 Å². The summed E-state index contributed by atoms with van der Waals surface area (Å²) in [4.78, 5) is 38.9. The number of imide groups is 1. The number of nitrogens with one attached hydrogen (secondary N) is 2. The Kier molecular flexibility index (Phi) is 9.50. The van der Waals surface area contributed by atoms with Crippen LogP contribution in [0.5, 0.6) is 11.5 Å². The van der Waals surface area contributed by atoms with E-state index in [9.17, 15) is 9.59 Å². The fourth-order valence-corrected chi connectivity index (χ4v) is 5.99. The first kappa shape index (κ1) is 30.7. The predicted octanol–water partition coefficient (Wildman–Crippen LogP) is 3.89. The molecule has 2 amide bonds. The molecule has 3 aromatic rings. The zero-order valence-corrected chi connectivity index (χ0v) is 25.6. The summed E-state index contributed by atoms with van der Waals surface area (Å²) in [6, 6.07) is 3.27. The van der Waals surface area contributed by atoms with Crippen LogP contribution < -0.4 is 25.0 Å². The topological polar surface area (TPSA) is 137 Å². The summed E-state index contributed by atoms with van der Waals surface area (Å²) in [5, 5.41) is 6.75. The van der Waals surface area contributed by atoms with Crippen molar-refractivity contribution in [3.8, 4) is 22.8 Å². The molecule has 12 nitrogen and oxygen atoms in total. The van der Waals surface area contributed by atoms with Crippen LogP contribution in [0, 0.1) is 5.92 Å². The molecule has 14 heteroatoms. The van der Waals surface area contributed by atoms with Crippen molar-refractivity contribution >= 4 is 58.2 Å². The fraction of sp³-hybridized carbons (Fsp3) is 0.414. The Balaban J connectivity index is 1.58. The lowest BCUT2D eigenvalue weighted by atomic mass is 10.0. The van der Waals surface area contributed by atoms with Crippen molar-refractivity contribution in [3.63, 3.8) is 0 Å². The van der Waals surface area contributed by atoms with Gasteiger partial charge in [-0.05, 0) is 26.0 Å². The van der Waals surface area contributed by atoms with Gasteiger partial charge in [0.2, 0.25) is 18.3 Å². The zero-order chi connectivity index (χ0) is 30.7. The molecule has 2 aliphatic heterocycles. The number of benzene rings is 1. The van der Waals surface area contributed by atoms with Gasteiger partial charge in [-0.2, -0.15) is 0 Å². The molecule has 0 saturated carbocycles. The average Bonchev–Trinajstić information content (AvgIpc) is 3.42. The summed E-state index contributed by atoms with van der Waals surface area (Å²) < 4.78 is 22.6. The first-order chi connectivity index (χ1) is 20.7. The molecule has 4 atom stereocenters. The van der Waals surface area contributed by atoms with E-state index in [0.29, 0.717) is 82.8 Å². The Bertz CT molecular complexity index is 1520. The summed E-state index contributed by atoms with van der Waals surface area (Å²) in [7, 11) is 3.04. The van der Waals surface area contributed by atoms with Crippen molar-refractivity contribution in [3.05, 3.63) is 40.5 Å². The molecular formula is C29H32Cl2N6O6. The number of rotatable bonds is 9. The molecule has 4 heterocycles. The summed E-state index contributed by atoms with van der Waals surface area (Å²) in [5.41, 5.74) is 1.60. The molecular weight excluding hydrogens is 599 g/mol. The second-order valence-electron chi connectivity index (χ2n) is 10.3. The first-order valence-corrected chi connectivity index (χ1v) is 14.4. The van der Waals surface area contributed by atoms with Crippen LogP contribution >= 0.6 is 23.2 Å². The Labute approximate surface area is 258 Å².